The summed E-state index contributed by atoms with van der Waals surface area (Å²) in [4.78, 5) is 13.8. The molecule has 0 amide bonds. The third-order valence-electron chi connectivity index (χ3n) is 2.81. The Balaban J connectivity index is 0.00000324. The Hall–Kier alpha value is -1.13. The van der Waals surface area contributed by atoms with E-state index in [-0.39, 0.29) is 18.0 Å². The van der Waals surface area contributed by atoms with Gasteiger partial charge in [0.1, 0.15) is 5.82 Å². The summed E-state index contributed by atoms with van der Waals surface area (Å²) < 4.78 is 18.0. The van der Waals surface area contributed by atoms with Gasteiger partial charge in [0.05, 0.1) is 12.2 Å². The summed E-state index contributed by atoms with van der Waals surface area (Å²) in [6, 6.07) is 5.54. The van der Waals surface area contributed by atoms with Crippen LogP contribution in [0.2, 0.25) is 0 Å². The minimum absolute atomic E-state index is 0. The largest absolute Gasteiger partial charge is 0.462 e. The highest BCUT2D eigenvalue weighted by molar-refractivity contribution is 5.89. The SMILES string of the molecule is CCN(CC)CCCOC(=O)c1cccc(F)c1.Cl. The Morgan fingerprint density at radius 1 is 1.32 bits per heavy atom. The number of esters is 1. The Kier molecular flexibility index (Phi) is 9.17. The minimum atomic E-state index is -0.464. The first kappa shape index (κ1) is 17.9. The number of carbonyl (C=O) groups is 1. The quantitative estimate of drug-likeness (QED) is 0.570. The molecule has 19 heavy (non-hydrogen) atoms. The Morgan fingerprint density at radius 3 is 2.58 bits per heavy atom. The maximum absolute atomic E-state index is 12.9. The number of hydrogen-bond acceptors (Lipinski definition) is 3. The van der Waals surface area contributed by atoms with E-state index < -0.39 is 11.8 Å². The maximum atomic E-state index is 12.9. The lowest BCUT2D eigenvalue weighted by molar-refractivity contribution is 0.0489. The molecule has 1 aromatic rings. The smallest absolute Gasteiger partial charge is 0.338 e. The Labute approximate surface area is 120 Å². The van der Waals surface area contributed by atoms with Crippen molar-refractivity contribution in [2.45, 2.75) is 20.3 Å². The van der Waals surface area contributed by atoms with Gasteiger partial charge in [-0.25, -0.2) is 9.18 Å². The molecule has 0 N–H and O–H groups in total. The molecular formula is C14H21ClFNO2. The van der Waals surface area contributed by atoms with Crippen LogP contribution >= 0.6 is 12.4 Å². The van der Waals surface area contributed by atoms with Gasteiger partial charge in [-0.15, -0.1) is 12.4 Å². The molecule has 0 aliphatic carbocycles. The van der Waals surface area contributed by atoms with Crippen molar-refractivity contribution in [3.8, 4) is 0 Å². The lowest BCUT2D eigenvalue weighted by Gasteiger charge is -2.17. The molecule has 0 saturated carbocycles. The van der Waals surface area contributed by atoms with Crippen molar-refractivity contribution in [2.75, 3.05) is 26.2 Å². The van der Waals surface area contributed by atoms with E-state index in [0.29, 0.717) is 6.61 Å². The molecule has 3 nitrogen and oxygen atoms in total. The summed E-state index contributed by atoms with van der Waals surface area (Å²) in [6.07, 6.45) is 0.794. The second-order valence-electron chi connectivity index (χ2n) is 4.03. The summed E-state index contributed by atoms with van der Waals surface area (Å²) in [6.45, 7) is 7.46. The van der Waals surface area contributed by atoms with Crippen molar-refractivity contribution >= 4 is 18.4 Å². The molecule has 0 heterocycles. The zero-order chi connectivity index (χ0) is 13.4. The van der Waals surface area contributed by atoms with Gasteiger partial charge in [0.25, 0.3) is 0 Å². The van der Waals surface area contributed by atoms with Gasteiger partial charge in [0, 0.05) is 6.54 Å². The standard InChI is InChI=1S/C14H20FNO2.ClH/c1-3-16(4-2)9-6-10-18-14(17)12-7-5-8-13(15)11-12;/h5,7-8,11H,3-4,6,9-10H2,1-2H3;1H. The fourth-order valence-electron chi connectivity index (χ4n) is 1.69. The highest BCUT2D eigenvalue weighted by atomic mass is 35.5. The zero-order valence-corrected chi connectivity index (χ0v) is 12.2. The van der Waals surface area contributed by atoms with Crippen LogP contribution < -0.4 is 0 Å². The van der Waals surface area contributed by atoms with Crippen LogP contribution in [0.1, 0.15) is 30.6 Å². The Morgan fingerprint density at radius 2 is 2.00 bits per heavy atom. The zero-order valence-electron chi connectivity index (χ0n) is 11.4. The van der Waals surface area contributed by atoms with Crippen LogP contribution in [0.5, 0.6) is 0 Å². The normalized spacial score (nSPS) is 10.1. The monoisotopic (exact) mass is 289 g/mol. The third kappa shape index (κ3) is 6.55. The van der Waals surface area contributed by atoms with E-state index in [1.807, 2.05) is 0 Å². The second-order valence-corrected chi connectivity index (χ2v) is 4.03. The molecule has 0 aliphatic heterocycles. The number of halogens is 2. The van der Waals surface area contributed by atoms with E-state index in [9.17, 15) is 9.18 Å². The summed E-state index contributed by atoms with van der Waals surface area (Å²) in [5, 5.41) is 0. The van der Waals surface area contributed by atoms with Gasteiger partial charge in [0.15, 0.2) is 0 Å². The molecule has 1 rings (SSSR count). The first-order valence-electron chi connectivity index (χ1n) is 6.32. The summed E-state index contributed by atoms with van der Waals surface area (Å²) in [7, 11) is 0. The van der Waals surface area contributed by atoms with E-state index in [1.165, 1.54) is 18.2 Å². The number of nitrogens with zero attached hydrogens (tertiary/aromatic N) is 1. The molecule has 0 atom stereocenters. The first-order valence-corrected chi connectivity index (χ1v) is 6.32. The molecule has 0 fully saturated rings. The average Bonchev–Trinajstić information content (AvgIpc) is 2.38. The molecule has 0 saturated heterocycles. The van der Waals surface area contributed by atoms with Gasteiger partial charge in [-0.05, 0) is 37.7 Å². The fraction of sp³-hybridized carbons (Fsp3) is 0.500. The van der Waals surface area contributed by atoms with E-state index in [4.69, 9.17) is 4.74 Å². The third-order valence-corrected chi connectivity index (χ3v) is 2.81. The van der Waals surface area contributed by atoms with E-state index in [2.05, 4.69) is 18.7 Å². The van der Waals surface area contributed by atoms with Crippen LogP contribution in [0.3, 0.4) is 0 Å². The lowest BCUT2D eigenvalue weighted by Crippen LogP contribution is -2.25. The molecular weight excluding hydrogens is 269 g/mol. The van der Waals surface area contributed by atoms with Crippen molar-refractivity contribution < 1.29 is 13.9 Å². The number of benzene rings is 1. The number of rotatable bonds is 7. The minimum Gasteiger partial charge on any atom is -0.462 e. The number of hydrogen-bond donors (Lipinski definition) is 0. The molecule has 0 aliphatic rings. The van der Waals surface area contributed by atoms with Gasteiger partial charge in [-0.1, -0.05) is 19.9 Å². The lowest BCUT2D eigenvalue weighted by atomic mass is 10.2. The molecule has 0 spiro atoms. The van der Waals surface area contributed by atoms with Crippen molar-refractivity contribution in [2.24, 2.45) is 0 Å². The molecule has 1 aromatic carbocycles. The van der Waals surface area contributed by atoms with Crippen molar-refractivity contribution in [3.05, 3.63) is 35.6 Å². The predicted molar refractivity (Wildman–Crippen MR) is 76.3 cm³/mol. The average molecular weight is 290 g/mol. The summed E-state index contributed by atoms with van der Waals surface area (Å²) >= 11 is 0. The highest BCUT2D eigenvalue weighted by Gasteiger charge is 2.07. The molecule has 5 heteroatoms. The fourth-order valence-corrected chi connectivity index (χ4v) is 1.69. The van der Waals surface area contributed by atoms with Crippen LogP contribution in [0.25, 0.3) is 0 Å². The van der Waals surface area contributed by atoms with Gasteiger partial charge >= 0.3 is 5.97 Å². The van der Waals surface area contributed by atoms with E-state index >= 15 is 0 Å². The van der Waals surface area contributed by atoms with Gasteiger partial charge in [-0.3, -0.25) is 0 Å². The second kappa shape index (κ2) is 9.75. The van der Waals surface area contributed by atoms with Gasteiger partial charge in [0.2, 0.25) is 0 Å². The number of ether oxygens (including phenoxy) is 1. The van der Waals surface area contributed by atoms with Crippen molar-refractivity contribution in [1.82, 2.24) is 4.90 Å². The topological polar surface area (TPSA) is 29.5 Å². The molecule has 0 radical (unpaired) electrons. The van der Waals surface area contributed by atoms with Crippen LogP contribution in [-0.4, -0.2) is 37.1 Å². The Bertz CT molecular complexity index is 383. The predicted octanol–water partition coefficient (Wildman–Crippen LogP) is 3.14. The van der Waals surface area contributed by atoms with Crippen LogP contribution in [0.15, 0.2) is 24.3 Å². The number of carbonyl (C=O) groups excluding carboxylic acids is 1. The van der Waals surface area contributed by atoms with Crippen molar-refractivity contribution in [1.29, 1.82) is 0 Å². The van der Waals surface area contributed by atoms with E-state index in [1.54, 1.807) is 6.07 Å². The molecule has 0 aromatic heterocycles. The molecule has 108 valence electrons. The molecule has 0 bridgehead atoms. The van der Waals surface area contributed by atoms with Crippen LogP contribution in [0, 0.1) is 5.82 Å². The van der Waals surface area contributed by atoms with Crippen LogP contribution in [0.4, 0.5) is 4.39 Å². The van der Waals surface area contributed by atoms with Crippen molar-refractivity contribution in [3.63, 3.8) is 0 Å². The summed E-state index contributed by atoms with van der Waals surface area (Å²) in [5.41, 5.74) is 0.262. The summed E-state index contributed by atoms with van der Waals surface area (Å²) in [5.74, 6) is -0.887. The van der Waals surface area contributed by atoms with Crippen LogP contribution in [-0.2, 0) is 4.74 Å². The molecule has 0 unspecified atom stereocenters. The first-order chi connectivity index (χ1) is 8.67. The van der Waals surface area contributed by atoms with E-state index in [0.717, 1.165) is 26.1 Å². The van der Waals surface area contributed by atoms with Gasteiger partial charge < -0.3 is 9.64 Å². The van der Waals surface area contributed by atoms with Gasteiger partial charge in [-0.2, -0.15) is 0 Å². The maximum Gasteiger partial charge on any atom is 0.338 e. The highest BCUT2D eigenvalue weighted by Crippen LogP contribution is 2.05.